The van der Waals surface area contributed by atoms with E-state index >= 15 is 0 Å². The summed E-state index contributed by atoms with van der Waals surface area (Å²) in [7, 11) is 0. The molecular weight excluding hydrogens is 308 g/mol. The number of carbonyl (C=O) groups excluding carboxylic acids is 1. The highest BCUT2D eigenvalue weighted by Crippen LogP contribution is 2.23. The largest absolute Gasteiger partial charge is 0.338 e. The van der Waals surface area contributed by atoms with E-state index in [2.05, 4.69) is 41.3 Å². The number of quaternary nitrogens is 1. The molecule has 0 spiro atoms. The Labute approximate surface area is 151 Å². The number of nitrogens with one attached hydrogen (secondary N) is 1. The molecule has 0 aromatic heterocycles. The molecule has 0 unspecified atom stereocenters. The summed E-state index contributed by atoms with van der Waals surface area (Å²) < 4.78 is 0. The lowest BCUT2D eigenvalue weighted by Gasteiger charge is -2.35. The molecular formula is C22H31N2O+. The van der Waals surface area contributed by atoms with Crippen LogP contribution in [0.25, 0.3) is 0 Å². The molecule has 1 amide bonds. The summed E-state index contributed by atoms with van der Waals surface area (Å²) in [6, 6.07) is 8.59. The van der Waals surface area contributed by atoms with E-state index in [1.165, 1.54) is 50.0 Å². The zero-order chi connectivity index (χ0) is 17.1. The molecule has 134 valence electrons. The highest BCUT2D eigenvalue weighted by molar-refractivity contribution is 5.79. The molecule has 3 heteroatoms. The van der Waals surface area contributed by atoms with Gasteiger partial charge in [-0.3, -0.25) is 4.79 Å². The van der Waals surface area contributed by atoms with Gasteiger partial charge in [0.1, 0.15) is 0 Å². The van der Waals surface area contributed by atoms with Gasteiger partial charge in [-0.25, -0.2) is 0 Å². The lowest BCUT2D eigenvalue weighted by Crippen LogP contribution is -3.13. The van der Waals surface area contributed by atoms with Crippen molar-refractivity contribution in [3.8, 4) is 0 Å². The van der Waals surface area contributed by atoms with Crippen LogP contribution in [0.4, 0.5) is 0 Å². The fourth-order valence-electron chi connectivity index (χ4n) is 4.87. The van der Waals surface area contributed by atoms with E-state index in [0.717, 1.165) is 38.3 Å². The number of likely N-dealkylation sites (tertiary alicyclic amines) is 1. The number of piperidine rings is 1. The first-order chi connectivity index (χ1) is 12.3. The van der Waals surface area contributed by atoms with Crippen molar-refractivity contribution in [2.45, 2.75) is 45.1 Å². The Balaban J connectivity index is 1.28. The first-order valence-corrected chi connectivity index (χ1v) is 10.1. The molecule has 3 aliphatic rings. The first-order valence-electron chi connectivity index (χ1n) is 10.1. The van der Waals surface area contributed by atoms with Gasteiger partial charge in [0.15, 0.2) is 0 Å². The Morgan fingerprint density at radius 1 is 1.08 bits per heavy atom. The molecule has 2 heterocycles. The van der Waals surface area contributed by atoms with Gasteiger partial charge >= 0.3 is 0 Å². The second kappa shape index (κ2) is 7.74. The molecule has 1 aliphatic carbocycles. The Hall–Kier alpha value is -1.61. The molecule has 1 N–H and O–H groups in total. The lowest BCUT2D eigenvalue weighted by atomic mass is 9.90. The van der Waals surface area contributed by atoms with Gasteiger partial charge in [0.05, 0.1) is 19.6 Å². The molecule has 1 atom stereocenters. The Bertz CT molecular complexity index is 631. The number of rotatable bonds is 3. The van der Waals surface area contributed by atoms with Gasteiger partial charge in [-0.1, -0.05) is 36.4 Å². The van der Waals surface area contributed by atoms with E-state index < -0.39 is 0 Å². The summed E-state index contributed by atoms with van der Waals surface area (Å²) in [5, 5.41) is 0. The van der Waals surface area contributed by atoms with Gasteiger partial charge < -0.3 is 9.80 Å². The third-order valence-electron chi connectivity index (χ3n) is 6.44. The second-order valence-corrected chi connectivity index (χ2v) is 8.16. The highest BCUT2D eigenvalue weighted by Gasteiger charge is 2.32. The molecule has 1 fully saturated rings. The van der Waals surface area contributed by atoms with Crippen LogP contribution >= 0.6 is 0 Å². The monoisotopic (exact) mass is 339 g/mol. The van der Waals surface area contributed by atoms with Crippen molar-refractivity contribution in [3.05, 3.63) is 47.5 Å². The molecule has 0 bridgehead atoms. The maximum absolute atomic E-state index is 13.0. The van der Waals surface area contributed by atoms with Crippen molar-refractivity contribution in [1.82, 2.24) is 4.90 Å². The van der Waals surface area contributed by atoms with E-state index in [1.807, 2.05) is 0 Å². The number of carbonyl (C=O) groups is 1. The van der Waals surface area contributed by atoms with Crippen molar-refractivity contribution in [2.24, 2.45) is 11.8 Å². The fraction of sp³-hybridized carbons (Fsp3) is 0.591. The van der Waals surface area contributed by atoms with Crippen LogP contribution < -0.4 is 4.90 Å². The van der Waals surface area contributed by atoms with Crippen molar-refractivity contribution in [1.29, 1.82) is 0 Å². The van der Waals surface area contributed by atoms with E-state index in [1.54, 1.807) is 4.90 Å². The third-order valence-corrected chi connectivity index (χ3v) is 6.44. The van der Waals surface area contributed by atoms with Gasteiger partial charge in [0, 0.05) is 37.8 Å². The number of benzene rings is 1. The summed E-state index contributed by atoms with van der Waals surface area (Å²) in [6.45, 7) is 5.39. The molecule has 4 rings (SSSR count). The quantitative estimate of drug-likeness (QED) is 0.839. The maximum Gasteiger partial charge on any atom is 0.226 e. The van der Waals surface area contributed by atoms with Crippen LogP contribution in [0.1, 0.15) is 43.2 Å². The minimum Gasteiger partial charge on any atom is -0.338 e. The number of nitrogens with zero attached hydrogens (tertiary/aromatic N) is 1. The molecule has 0 saturated carbocycles. The molecule has 2 aliphatic heterocycles. The number of hydrogen-bond donors (Lipinski definition) is 1. The van der Waals surface area contributed by atoms with E-state index in [0.29, 0.717) is 5.91 Å². The molecule has 1 saturated heterocycles. The van der Waals surface area contributed by atoms with Gasteiger partial charge in [0.2, 0.25) is 5.91 Å². The third kappa shape index (κ3) is 3.98. The molecule has 1 aromatic carbocycles. The summed E-state index contributed by atoms with van der Waals surface area (Å²) in [4.78, 5) is 16.8. The van der Waals surface area contributed by atoms with E-state index in [4.69, 9.17) is 0 Å². The number of hydrogen-bond acceptors (Lipinski definition) is 1. The zero-order valence-corrected chi connectivity index (χ0v) is 15.3. The predicted octanol–water partition coefficient (Wildman–Crippen LogP) is 2.22. The van der Waals surface area contributed by atoms with Gasteiger partial charge in [0.25, 0.3) is 0 Å². The van der Waals surface area contributed by atoms with E-state index in [9.17, 15) is 4.79 Å². The maximum atomic E-state index is 13.0. The van der Waals surface area contributed by atoms with Crippen molar-refractivity contribution < 1.29 is 9.69 Å². The van der Waals surface area contributed by atoms with Crippen LogP contribution in [-0.2, 0) is 17.8 Å². The lowest BCUT2D eigenvalue weighted by molar-refractivity contribution is -0.909. The minimum absolute atomic E-state index is 0.264. The number of fused-ring (bicyclic) bond motifs is 1. The average Bonchev–Trinajstić information content (AvgIpc) is 2.68. The summed E-state index contributed by atoms with van der Waals surface area (Å²) in [6.07, 6.45) is 11.7. The normalized spacial score (nSPS) is 29.3. The van der Waals surface area contributed by atoms with Crippen LogP contribution in [-0.4, -0.2) is 37.0 Å². The summed E-state index contributed by atoms with van der Waals surface area (Å²) in [5.41, 5.74) is 2.77. The highest BCUT2D eigenvalue weighted by atomic mass is 16.2. The average molecular weight is 340 g/mol. The summed E-state index contributed by atoms with van der Waals surface area (Å²) in [5.74, 6) is 1.54. The van der Waals surface area contributed by atoms with Crippen molar-refractivity contribution in [3.63, 3.8) is 0 Å². The number of allylic oxidation sites excluding steroid dienone is 2. The molecule has 0 radical (unpaired) electrons. The van der Waals surface area contributed by atoms with E-state index in [-0.39, 0.29) is 5.92 Å². The summed E-state index contributed by atoms with van der Waals surface area (Å²) >= 11 is 0. The second-order valence-electron chi connectivity index (χ2n) is 8.16. The minimum atomic E-state index is 0.264. The molecule has 25 heavy (non-hydrogen) atoms. The number of amides is 1. The fourth-order valence-corrected chi connectivity index (χ4v) is 4.87. The first kappa shape index (κ1) is 16.8. The van der Waals surface area contributed by atoms with Crippen LogP contribution in [0.15, 0.2) is 36.4 Å². The predicted molar refractivity (Wildman–Crippen MR) is 100 cm³/mol. The Morgan fingerprint density at radius 3 is 2.64 bits per heavy atom. The van der Waals surface area contributed by atoms with Gasteiger partial charge in [-0.05, 0) is 36.8 Å². The molecule has 1 aromatic rings. The van der Waals surface area contributed by atoms with Crippen LogP contribution in [0.3, 0.4) is 0 Å². The SMILES string of the molecule is O=C(C1CC[NH+](C[C@@H]2CC=CCC2)CC1)N1CCc2ccccc2C1. The molecule has 3 nitrogen and oxygen atoms in total. The van der Waals surface area contributed by atoms with Crippen LogP contribution in [0.2, 0.25) is 0 Å². The van der Waals surface area contributed by atoms with Crippen molar-refractivity contribution >= 4 is 5.91 Å². The Morgan fingerprint density at radius 2 is 1.88 bits per heavy atom. The smallest absolute Gasteiger partial charge is 0.226 e. The standard InChI is InChI=1S/C22H30N2O/c25-22(24-15-12-19-8-4-5-9-21(19)17-24)20-10-13-23(14-11-20)16-18-6-2-1-3-7-18/h1-2,4-5,8-9,18,20H,3,6-7,10-17H2/p+1/t18-/m1/s1. The zero-order valence-electron chi connectivity index (χ0n) is 15.3. The van der Waals surface area contributed by atoms with Crippen molar-refractivity contribution in [2.75, 3.05) is 26.2 Å². The topological polar surface area (TPSA) is 24.8 Å². The van der Waals surface area contributed by atoms with Crippen LogP contribution in [0, 0.1) is 11.8 Å². The van der Waals surface area contributed by atoms with Crippen LogP contribution in [0.5, 0.6) is 0 Å². The Kier molecular flexibility index (Phi) is 5.21. The van der Waals surface area contributed by atoms with Gasteiger partial charge in [-0.15, -0.1) is 0 Å². The van der Waals surface area contributed by atoms with Gasteiger partial charge in [-0.2, -0.15) is 0 Å².